The zero-order valence-electron chi connectivity index (χ0n) is 14.3. The molecule has 1 N–H and O–H groups in total. The van der Waals surface area contributed by atoms with E-state index in [1.54, 1.807) is 18.2 Å². The minimum atomic E-state index is -0.871. The number of nitrogens with zero attached hydrogens (tertiary/aromatic N) is 2. The first-order chi connectivity index (χ1) is 13.5. The van der Waals surface area contributed by atoms with E-state index < -0.39 is 34.9 Å². The van der Waals surface area contributed by atoms with Crippen molar-refractivity contribution in [3.8, 4) is 11.5 Å². The van der Waals surface area contributed by atoms with Crippen LogP contribution in [0.3, 0.4) is 0 Å². The number of rotatable bonds is 4. The molecule has 2 aliphatic heterocycles. The van der Waals surface area contributed by atoms with Crippen LogP contribution in [0.2, 0.25) is 0 Å². The normalized spacial score (nSPS) is 14.6. The molecule has 0 saturated carbocycles. The van der Waals surface area contributed by atoms with Crippen molar-refractivity contribution >= 4 is 29.1 Å². The first-order valence-corrected chi connectivity index (χ1v) is 8.29. The third-order valence-electron chi connectivity index (χ3n) is 4.30. The first kappa shape index (κ1) is 17.5. The molecule has 10 heteroatoms. The van der Waals surface area contributed by atoms with Crippen molar-refractivity contribution in [1.29, 1.82) is 0 Å². The van der Waals surface area contributed by atoms with Gasteiger partial charge in [0, 0.05) is 17.8 Å². The fourth-order valence-corrected chi connectivity index (χ4v) is 3.08. The second-order valence-electron chi connectivity index (χ2n) is 6.06. The quantitative estimate of drug-likeness (QED) is 0.482. The van der Waals surface area contributed by atoms with Gasteiger partial charge < -0.3 is 14.8 Å². The van der Waals surface area contributed by atoms with Gasteiger partial charge in [0.05, 0.1) is 10.5 Å². The lowest BCUT2D eigenvalue weighted by Crippen LogP contribution is -2.37. The number of carbonyl (C=O) groups is 3. The summed E-state index contributed by atoms with van der Waals surface area (Å²) in [5.41, 5.74) is -0.460. The van der Waals surface area contributed by atoms with Gasteiger partial charge in [0.25, 0.3) is 17.5 Å². The highest BCUT2D eigenvalue weighted by Crippen LogP contribution is 2.33. The minimum Gasteiger partial charge on any atom is -0.486 e. The predicted molar refractivity (Wildman–Crippen MR) is 94.5 cm³/mol. The van der Waals surface area contributed by atoms with Crippen LogP contribution in [0.5, 0.6) is 11.5 Å². The molecule has 2 heterocycles. The van der Waals surface area contributed by atoms with Gasteiger partial charge in [0.15, 0.2) is 11.5 Å². The number of benzene rings is 2. The van der Waals surface area contributed by atoms with Crippen LogP contribution >= 0.6 is 0 Å². The number of hydrogen-bond acceptors (Lipinski definition) is 7. The van der Waals surface area contributed by atoms with Gasteiger partial charge in [-0.15, -0.1) is 0 Å². The van der Waals surface area contributed by atoms with Gasteiger partial charge in [-0.25, -0.2) is 0 Å². The van der Waals surface area contributed by atoms with Gasteiger partial charge >= 0.3 is 0 Å². The van der Waals surface area contributed by atoms with E-state index in [-0.39, 0.29) is 11.1 Å². The smallest absolute Gasteiger partial charge is 0.282 e. The Balaban J connectivity index is 1.51. The summed E-state index contributed by atoms with van der Waals surface area (Å²) in [6.45, 7) is 0.251. The van der Waals surface area contributed by atoms with Crippen molar-refractivity contribution in [2.75, 3.05) is 25.1 Å². The maximum Gasteiger partial charge on any atom is 0.282 e. The van der Waals surface area contributed by atoms with Crippen LogP contribution in [-0.2, 0) is 4.79 Å². The molecule has 0 unspecified atom stereocenters. The summed E-state index contributed by atoms with van der Waals surface area (Å²) in [6, 6.07) is 8.58. The summed E-state index contributed by atoms with van der Waals surface area (Å²) in [7, 11) is 0. The summed E-state index contributed by atoms with van der Waals surface area (Å²) in [6.07, 6.45) is 0. The van der Waals surface area contributed by atoms with Gasteiger partial charge in [-0.1, -0.05) is 6.07 Å². The molecular formula is C18H13N3O7. The third kappa shape index (κ3) is 2.90. The minimum absolute atomic E-state index is 0.0914. The number of fused-ring (bicyclic) bond motifs is 2. The Hall–Kier alpha value is -3.95. The van der Waals surface area contributed by atoms with E-state index in [1.165, 1.54) is 12.1 Å². The second kappa shape index (κ2) is 6.65. The molecule has 142 valence electrons. The Morgan fingerprint density at radius 2 is 1.86 bits per heavy atom. The standard InChI is InChI=1S/C18H13N3O7/c22-15(19-10-4-5-13-14(8-10)28-7-6-27-13)9-20-17(23)11-2-1-3-12(21(25)26)16(11)18(20)24/h1-5,8H,6-7,9H2,(H,19,22). The SMILES string of the molecule is O=C(CN1C(=O)c2cccc([N+](=O)[O-])c2C1=O)Nc1ccc2c(c1)OCCO2. The molecule has 0 saturated heterocycles. The van der Waals surface area contributed by atoms with Crippen LogP contribution in [-0.4, -0.2) is 47.3 Å². The number of amides is 3. The highest BCUT2D eigenvalue weighted by atomic mass is 16.6. The Bertz CT molecular complexity index is 1030. The number of anilines is 1. The van der Waals surface area contributed by atoms with Crippen molar-refractivity contribution < 1.29 is 28.8 Å². The summed E-state index contributed by atoms with van der Waals surface area (Å²) in [5.74, 6) is -1.23. The van der Waals surface area contributed by atoms with Crippen LogP contribution in [0.1, 0.15) is 20.7 Å². The van der Waals surface area contributed by atoms with Crippen molar-refractivity contribution in [2.45, 2.75) is 0 Å². The molecule has 0 radical (unpaired) electrons. The van der Waals surface area contributed by atoms with Crippen molar-refractivity contribution in [3.05, 3.63) is 57.6 Å². The lowest BCUT2D eigenvalue weighted by Gasteiger charge is -2.19. The molecule has 3 amide bonds. The van der Waals surface area contributed by atoms with E-state index >= 15 is 0 Å². The monoisotopic (exact) mass is 383 g/mol. The summed E-state index contributed by atoms with van der Waals surface area (Å²) in [5, 5.41) is 13.7. The van der Waals surface area contributed by atoms with Gasteiger partial charge in [0.1, 0.15) is 25.3 Å². The molecule has 10 nitrogen and oxygen atoms in total. The number of hydrogen-bond donors (Lipinski definition) is 1. The van der Waals surface area contributed by atoms with Gasteiger partial charge in [-0.05, 0) is 18.2 Å². The Kier molecular flexibility index (Phi) is 4.15. The van der Waals surface area contributed by atoms with Crippen LogP contribution in [0.4, 0.5) is 11.4 Å². The van der Waals surface area contributed by atoms with E-state index in [9.17, 15) is 24.5 Å². The molecule has 2 aromatic carbocycles. The van der Waals surface area contributed by atoms with E-state index in [2.05, 4.69) is 5.32 Å². The highest BCUT2D eigenvalue weighted by Gasteiger charge is 2.41. The number of ether oxygens (including phenoxy) is 2. The number of imide groups is 1. The molecule has 4 rings (SSSR count). The molecule has 2 aliphatic rings. The fraction of sp³-hybridized carbons (Fsp3) is 0.167. The Morgan fingerprint density at radius 3 is 2.61 bits per heavy atom. The highest BCUT2D eigenvalue weighted by molar-refractivity contribution is 6.24. The lowest BCUT2D eigenvalue weighted by molar-refractivity contribution is -0.385. The molecule has 0 aromatic heterocycles. The molecule has 0 fully saturated rings. The largest absolute Gasteiger partial charge is 0.486 e. The van der Waals surface area contributed by atoms with E-state index in [1.807, 2.05) is 0 Å². The van der Waals surface area contributed by atoms with Crippen molar-refractivity contribution in [3.63, 3.8) is 0 Å². The van der Waals surface area contributed by atoms with Crippen LogP contribution in [0, 0.1) is 10.1 Å². The molecular weight excluding hydrogens is 370 g/mol. The zero-order chi connectivity index (χ0) is 19.8. The topological polar surface area (TPSA) is 128 Å². The Morgan fingerprint density at radius 1 is 1.11 bits per heavy atom. The maximum atomic E-state index is 12.5. The molecule has 2 aromatic rings. The average molecular weight is 383 g/mol. The van der Waals surface area contributed by atoms with Crippen LogP contribution in [0.15, 0.2) is 36.4 Å². The first-order valence-electron chi connectivity index (χ1n) is 8.29. The number of nitrogens with one attached hydrogen (secondary N) is 1. The fourth-order valence-electron chi connectivity index (χ4n) is 3.08. The molecule has 0 atom stereocenters. The van der Waals surface area contributed by atoms with E-state index in [4.69, 9.17) is 9.47 Å². The van der Waals surface area contributed by atoms with Crippen molar-refractivity contribution in [1.82, 2.24) is 4.90 Å². The lowest BCUT2D eigenvalue weighted by atomic mass is 10.1. The van der Waals surface area contributed by atoms with Crippen molar-refractivity contribution in [2.24, 2.45) is 0 Å². The molecule has 28 heavy (non-hydrogen) atoms. The summed E-state index contributed by atoms with van der Waals surface area (Å²) in [4.78, 5) is 48.3. The van der Waals surface area contributed by atoms with E-state index in [0.29, 0.717) is 35.3 Å². The summed E-state index contributed by atoms with van der Waals surface area (Å²) < 4.78 is 10.8. The van der Waals surface area contributed by atoms with Crippen LogP contribution < -0.4 is 14.8 Å². The van der Waals surface area contributed by atoms with Gasteiger partial charge in [0.2, 0.25) is 5.91 Å². The van der Waals surface area contributed by atoms with Gasteiger partial charge in [-0.2, -0.15) is 0 Å². The van der Waals surface area contributed by atoms with E-state index in [0.717, 1.165) is 6.07 Å². The number of carbonyl (C=O) groups excluding carboxylic acids is 3. The number of nitro groups is 1. The average Bonchev–Trinajstić information content (AvgIpc) is 2.92. The summed E-state index contributed by atoms with van der Waals surface area (Å²) >= 11 is 0. The predicted octanol–water partition coefficient (Wildman–Crippen LogP) is 1.60. The van der Waals surface area contributed by atoms with Crippen LogP contribution in [0.25, 0.3) is 0 Å². The number of nitro benzene ring substituents is 1. The third-order valence-corrected chi connectivity index (χ3v) is 4.30. The second-order valence-corrected chi connectivity index (χ2v) is 6.06. The molecule has 0 spiro atoms. The molecule has 0 bridgehead atoms. The molecule has 0 aliphatic carbocycles. The Labute approximate surface area is 157 Å². The van der Waals surface area contributed by atoms with Gasteiger partial charge in [-0.3, -0.25) is 29.4 Å². The zero-order valence-corrected chi connectivity index (χ0v) is 14.3. The maximum absolute atomic E-state index is 12.5.